The van der Waals surface area contributed by atoms with E-state index < -0.39 is 5.72 Å². The highest BCUT2D eigenvalue weighted by Crippen LogP contribution is 2.33. The molecular formula is C23H24N2O4. The number of hydrogen-bond donors (Lipinski definition) is 1. The number of aromatic nitrogens is 1. The Morgan fingerprint density at radius 2 is 1.86 bits per heavy atom. The van der Waals surface area contributed by atoms with E-state index in [0.717, 1.165) is 41.1 Å². The highest BCUT2D eigenvalue weighted by Gasteiger charge is 2.37. The van der Waals surface area contributed by atoms with Crippen molar-refractivity contribution in [2.45, 2.75) is 32.4 Å². The van der Waals surface area contributed by atoms with Crippen LogP contribution in [0.4, 0.5) is 0 Å². The van der Waals surface area contributed by atoms with E-state index in [4.69, 9.17) is 13.9 Å². The molecule has 0 saturated carbocycles. The first-order valence-electron chi connectivity index (χ1n) is 9.76. The largest absolute Gasteiger partial charge is 0.475 e. The molecule has 1 N–H and O–H groups in total. The maximum absolute atomic E-state index is 9.70. The van der Waals surface area contributed by atoms with Crippen molar-refractivity contribution in [3.63, 3.8) is 0 Å². The fourth-order valence-corrected chi connectivity index (χ4v) is 3.38. The molecule has 0 radical (unpaired) electrons. The normalized spacial score (nSPS) is 18.4. The first kappa shape index (κ1) is 19.2. The van der Waals surface area contributed by atoms with Gasteiger partial charge in [-0.05, 0) is 29.7 Å². The van der Waals surface area contributed by atoms with Crippen LogP contribution < -0.4 is 4.74 Å². The molecule has 0 bridgehead atoms. The van der Waals surface area contributed by atoms with Crippen LogP contribution in [0.1, 0.15) is 26.2 Å². The summed E-state index contributed by atoms with van der Waals surface area (Å²) in [5.74, 6) is 1.89. The number of nitrogens with zero attached hydrogens (tertiary/aromatic N) is 2. The van der Waals surface area contributed by atoms with Crippen molar-refractivity contribution < 1.29 is 19.0 Å². The molecule has 1 atom stereocenters. The quantitative estimate of drug-likeness (QED) is 0.642. The monoisotopic (exact) mass is 392 g/mol. The molecule has 1 unspecified atom stereocenters. The van der Waals surface area contributed by atoms with E-state index in [0.29, 0.717) is 11.6 Å². The van der Waals surface area contributed by atoms with Gasteiger partial charge >= 0.3 is 0 Å². The fraction of sp³-hybridized carbons (Fsp3) is 0.304. The van der Waals surface area contributed by atoms with Gasteiger partial charge in [-0.15, -0.1) is 0 Å². The lowest BCUT2D eigenvalue weighted by Crippen LogP contribution is -2.39. The fourth-order valence-electron chi connectivity index (χ4n) is 3.38. The van der Waals surface area contributed by atoms with Crippen LogP contribution in [0.25, 0.3) is 22.4 Å². The molecule has 3 aromatic rings. The molecular weight excluding hydrogens is 368 g/mol. The van der Waals surface area contributed by atoms with Crippen molar-refractivity contribution in [1.29, 1.82) is 0 Å². The van der Waals surface area contributed by atoms with E-state index in [1.54, 1.807) is 13.2 Å². The SMILES string of the molecule is CCCc1nc(-c2ccccc2-c2ccc(OC3(CO)COC(C)=N3)cc2)co1. The molecule has 1 aromatic heterocycles. The summed E-state index contributed by atoms with van der Waals surface area (Å²) in [4.78, 5) is 8.91. The Morgan fingerprint density at radius 3 is 2.52 bits per heavy atom. The summed E-state index contributed by atoms with van der Waals surface area (Å²) in [7, 11) is 0. The standard InChI is InChI=1S/C23H24N2O4/c1-3-6-22-24-21(13-27-22)20-8-5-4-7-19(20)17-9-11-18(12-10-17)29-23(14-26)15-28-16(2)25-23/h4-5,7-13,26H,3,6,14-15H2,1-2H3. The smallest absolute Gasteiger partial charge is 0.259 e. The van der Waals surface area contributed by atoms with Gasteiger partial charge in [-0.1, -0.05) is 43.3 Å². The lowest BCUT2D eigenvalue weighted by molar-refractivity contribution is -0.00260. The number of benzene rings is 2. The van der Waals surface area contributed by atoms with E-state index in [2.05, 4.69) is 23.0 Å². The van der Waals surface area contributed by atoms with E-state index in [1.165, 1.54) is 0 Å². The van der Waals surface area contributed by atoms with Crippen LogP contribution in [0.5, 0.6) is 5.75 Å². The van der Waals surface area contributed by atoms with Crippen LogP contribution in [0, 0.1) is 0 Å². The van der Waals surface area contributed by atoms with Crippen molar-refractivity contribution in [1.82, 2.24) is 4.98 Å². The van der Waals surface area contributed by atoms with Crippen molar-refractivity contribution in [2.75, 3.05) is 13.2 Å². The minimum atomic E-state index is -1.07. The van der Waals surface area contributed by atoms with Gasteiger partial charge in [0, 0.05) is 18.9 Å². The summed E-state index contributed by atoms with van der Waals surface area (Å²) < 4.78 is 16.9. The summed E-state index contributed by atoms with van der Waals surface area (Å²) in [5, 5.41) is 9.70. The average molecular weight is 392 g/mol. The predicted molar refractivity (Wildman–Crippen MR) is 111 cm³/mol. The third-order valence-electron chi connectivity index (χ3n) is 4.81. The lowest BCUT2D eigenvalue weighted by Gasteiger charge is -2.23. The zero-order valence-corrected chi connectivity index (χ0v) is 16.6. The van der Waals surface area contributed by atoms with Gasteiger partial charge in [0.1, 0.15) is 24.3 Å². The van der Waals surface area contributed by atoms with Crippen LogP contribution in [0.15, 0.2) is 64.2 Å². The maximum atomic E-state index is 9.70. The van der Waals surface area contributed by atoms with Crippen LogP contribution >= 0.6 is 0 Å². The number of aliphatic imine (C=N–C) groups is 1. The number of aliphatic hydroxyl groups excluding tert-OH is 1. The molecule has 6 nitrogen and oxygen atoms in total. The summed E-state index contributed by atoms with van der Waals surface area (Å²) in [6.45, 7) is 3.80. The summed E-state index contributed by atoms with van der Waals surface area (Å²) in [6, 6.07) is 15.8. The number of ether oxygens (including phenoxy) is 2. The van der Waals surface area contributed by atoms with E-state index >= 15 is 0 Å². The summed E-state index contributed by atoms with van der Waals surface area (Å²) >= 11 is 0. The molecule has 1 aliphatic rings. The Balaban J connectivity index is 1.60. The van der Waals surface area contributed by atoms with Gasteiger partial charge in [-0.3, -0.25) is 0 Å². The minimum Gasteiger partial charge on any atom is -0.475 e. The molecule has 0 amide bonds. The van der Waals surface area contributed by atoms with Gasteiger partial charge in [-0.25, -0.2) is 9.98 Å². The Labute approximate surface area is 169 Å². The molecule has 0 aliphatic carbocycles. The van der Waals surface area contributed by atoms with Gasteiger partial charge in [0.25, 0.3) is 5.72 Å². The van der Waals surface area contributed by atoms with Gasteiger partial charge in [-0.2, -0.15) is 0 Å². The Kier molecular flexibility index (Phi) is 5.36. The first-order valence-corrected chi connectivity index (χ1v) is 9.76. The molecule has 1 aliphatic heterocycles. The summed E-state index contributed by atoms with van der Waals surface area (Å²) in [6.07, 6.45) is 3.53. The molecule has 2 aromatic carbocycles. The molecule has 2 heterocycles. The predicted octanol–water partition coefficient (Wildman–Crippen LogP) is 4.48. The molecule has 0 fully saturated rings. The van der Waals surface area contributed by atoms with Crippen molar-refractivity contribution in [3.8, 4) is 28.1 Å². The number of hydrogen-bond acceptors (Lipinski definition) is 6. The van der Waals surface area contributed by atoms with Crippen LogP contribution in [0.3, 0.4) is 0 Å². The third-order valence-corrected chi connectivity index (χ3v) is 4.81. The van der Waals surface area contributed by atoms with Crippen LogP contribution in [0.2, 0.25) is 0 Å². The second-order valence-electron chi connectivity index (χ2n) is 7.07. The van der Waals surface area contributed by atoms with E-state index in [-0.39, 0.29) is 13.2 Å². The Bertz CT molecular complexity index is 1010. The zero-order valence-electron chi connectivity index (χ0n) is 16.6. The minimum absolute atomic E-state index is 0.201. The Morgan fingerprint density at radius 1 is 1.10 bits per heavy atom. The van der Waals surface area contributed by atoms with Gasteiger partial charge < -0.3 is 19.0 Å². The van der Waals surface area contributed by atoms with Gasteiger partial charge in [0.15, 0.2) is 18.4 Å². The molecule has 4 rings (SSSR count). The van der Waals surface area contributed by atoms with Gasteiger partial charge in [0.2, 0.25) is 0 Å². The van der Waals surface area contributed by atoms with E-state index in [1.807, 2.05) is 42.5 Å². The van der Waals surface area contributed by atoms with Crippen molar-refractivity contribution in [2.24, 2.45) is 4.99 Å². The topological polar surface area (TPSA) is 77.1 Å². The second-order valence-corrected chi connectivity index (χ2v) is 7.07. The molecule has 150 valence electrons. The zero-order chi connectivity index (χ0) is 20.3. The Hall–Kier alpha value is -3.12. The van der Waals surface area contributed by atoms with Crippen LogP contribution in [-0.2, 0) is 11.2 Å². The molecule has 29 heavy (non-hydrogen) atoms. The number of aryl methyl sites for hydroxylation is 1. The van der Waals surface area contributed by atoms with Crippen LogP contribution in [-0.4, -0.2) is 34.9 Å². The molecule has 6 heteroatoms. The highest BCUT2D eigenvalue weighted by atomic mass is 16.6. The van der Waals surface area contributed by atoms with Crippen molar-refractivity contribution >= 4 is 5.90 Å². The second kappa shape index (κ2) is 8.09. The molecule has 0 saturated heterocycles. The number of rotatable bonds is 7. The molecule has 0 spiro atoms. The van der Waals surface area contributed by atoms with Crippen molar-refractivity contribution in [3.05, 3.63) is 60.7 Å². The van der Waals surface area contributed by atoms with Gasteiger partial charge in [0.05, 0.1) is 0 Å². The van der Waals surface area contributed by atoms with E-state index in [9.17, 15) is 5.11 Å². The number of aliphatic hydroxyl groups is 1. The highest BCUT2D eigenvalue weighted by molar-refractivity contribution is 5.81. The lowest BCUT2D eigenvalue weighted by atomic mass is 9.98. The average Bonchev–Trinajstić information content (AvgIpc) is 3.36. The third kappa shape index (κ3) is 4.03. The maximum Gasteiger partial charge on any atom is 0.259 e. The first-order chi connectivity index (χ1) is 14.1. The number of oxazole rings is 1. The summed E-state index contributed by atoms with van der Waals surface area (Å²) in [5.41, 5.74) is 2.87.